The lowest BCUT2D eigenvalue weighted by Gasteiger charge is -2.65. The van der Waals surface area contributed by atoms with Gasteiger partial charge in [0.15, 0.2) is 0 Å². The quantitative estimate of drug-likeness (QED) is 0.580. The van der Waals surface area contributed by atoms with Crippen molar-refractivity contribution in [2.24, 2.45) is 28.1 Å². The van der Waals surface area contributed by atoms with Gasteiger partial charge in [-0.1, -0.05) is 62.8 Å². The summed E-state index contributed by atoms with van der Waals surface area (Å²) in [5.41, 5.74) is 1.45. The third-order valence-corrected chi connectivity index (χ3v) is 9.01. The van der Waals surface area contributed by atoms with E-state index < -0.39 is 5.41 Å². The van der Waals surface area contributed by atoms with Crippen LogP contribution in [0.1, 0.15) is 64.4 Å². The van der Waals surface area contributed by atoms with Crippen molar-refractivity contribution >= 4 is 11.6 Å². The SMILES string of the molecule is CC1(C)C(O)CC[C@]2(C)C3=C[C@@H]4CC(c5ccccc5)[C@@]3(CCC12)C(=O)C4=O. The number of ketones is 2. The van der Waals surface area contributed by atoms with E-state index >= 15 is 0 Å². The van der Waals surface area contributed by atoms with E-state index in [1.54, 1.807) is 0 Å². The summed E-state index contributed by atoms with van der Waals surface area (Å²) in [5, 5.41) is 10.7. The maximum atomic E-state index is 13.5. The molecule has 2 bridgehead atoms. The predicted octanol–water partition coefficient (Wildman–Crippen LogP) is 4.45. The molecular weight excluding hydrogens is 348 g/mol. The minimum atomic E-state index is -0.670. The first-order valence-electron chi connectivity index (χ1n) is 10.8. The Bertz CT molecular complexity index is 882. The van der Waals surface area contributed by atoms with Crippen LogP contribution >= 0.6 is 0 Å². The lowest BCUT2D eigenvalue weighted by Crippen LogP contribution is -2.63. The van der Waals surface area contributed by atoms with Gasteiger partial charge in [0.2, 0.25) is 11.6 Å². The highest BCUT2D eigenvalue weighted by atomic mass is 16.3. The number of carbonyl (C=O) groups is 2. The molecule has 1 aromatic carbocycles. The Morgan fingerprint density at radius 2 is 1.71 bits per heavy atom. The monoisotopic (exact) mass is 378 g/mol. The second-order valence-corrected chi connectivity index (χ2v) is 10.4. The Balaban J connectivity index is 1.70. The molecule has 0 aromatic heterocycles. The van der Waals surface area contributed by atoms with Gasteiger partial charge in [0, 0.05) is 11.8 Å². The second kappa shape index (κ2) is 5.66. The Labute approximate surface area is 167 Å². The van der Waals surface area contributed by atoms with E-state index in [4.69, 9.17) is 0 Å². The average Bonchev–Trinajstić information content (AvgIpc) is 2.69. The molecular formula is C25H30O3. The first-order valence-corrected chi connectivity index (χ1v) is 10.8. The van der Waals surface area contributed by atoms with E-state index in [-0.39, 0.29) is 40.3 Å². The molecule has 5 aliphatic carbocycles. The molecule has 148 valence electrons. The smallest absolute Gasteiger partial charge is 0.209 e. The topological polar surface area (TPSA) is 54.4 Å². The number of rotatable bonds is 1. The Morgan fingerprint density at radius 3 is 2.43 bits per heavy atom. The summed E-state index contributed by atoms with van der Waals surface area (Å²) in [6.07, 6.45) is 5.91. The number of aliphatic hydroxyl groups excluding tert-OH is 1. The molecule has 5 aliphatic rings. The lowest BCUT2D eigenvalue weighted by atomic mass is 9.38. The van der Waals surface area contributed by atoms with E-state index in [1.165, 1.54) is 11.1 Å². The minimum absolute atomic E-state index is 0.0941. The van der Waals surface area contributed by atoms with Gasteiger partial charge in [-0.2, -0.15) is 0 Å². The molecule has 1 spiro atoms. The minimum Gasteiger partial charge on any atom is -0.393 e. The zero-order chi connectivity index (χ0) is 19.9. The van der Waals surface area contributed by atoms with Gasteiger partial charge in [0.1, 0.15) is 0 Å². The number of hydrogen-bond donors (Lipinski definition) is 1. The molecule has 28 heavy (non-hydrogen) atoms. The third-order valence-electron chi connectivity index (χ3n) is 9.01. The van der Waals surface area contributed by atoms with Crippen molar-refractivity contribution in [2.45, 2.75) is 64.9 Å². The maximum absolute atomic E-state index is 13.5. The van der Waals surface area contributed by atoms with E-state index in [2.05, 4.69) is 39.0 Å². The average molecular weight is 379 g/mol. The number of aliphatic hydroxyl groups is 1. The van der Waals surface area contributed by atoms with Crippen LogP contribution in [0, 0.1) is 28.1 Å². The third kappa shape index (κ3) is 2.04. The molecule has 0 heterocycles. The molecule has 6 atom stereocenters. The fourth-order valence-electron chi connectivity index (χ4n) is 7.56. The van der Waals surface area contributed by atoms with Crippen LogP contribution in [0.4, 0.5) is 0 Å². The molecule has 3 fully saturated rings. The van der Waals surface area contributed by atoms with Crippen molar-refractivity contribution in [3.8, 4) is 0 Å². The molecule has 3 heteroatoms. The summed E-state index contributed by atoms with van der Waals surface area (Å²) < 4.78 is 0. The number of carbonyl (C=O) groups excluding carboxylic acids is 2. The highest BCUT2D eigenvalue weighted by Crippen LogP contribution is 2.70. The summed E-state index contributed by atoms with van der Waals surface area (Å²) in [6, 6.07) is 10.3. The summed E-state index contributed by atoms with van der Waals surface area (Å²) in [5.74, 6) is -0.164. The van der Waals surface area contributed by atoms with Crippen LogP contribution in [-0.2, 0) is 9.59 Å². The first-order chi connectivity index (χ1) is 13.2. The van der Waals surface area contributed by atoms with E-state index in [0.717, 1.165) is 32.1 Å². The zero-order valence-corrected chi connectivity index (χ0v) is 17.1. The van der Waals surface area contributed by atoms with E-state index in [1.807, 2.05) is 18.2 Å². The highest BCUT2D eigenvalue weighted by Gasteiger charge is 2.68. The molecule has 0 radical (unpaired) electrons. The van der Waals surface area contributed by atoms with Gasteiger partial charge in [0.05, 0.1) is 11.5 Å². The number of benzene rings is 1. The van der Waals surface area contributed by atoms with Gasteiger partial charge in [-0.05, 0) is 54.4 Å². The number of Topliss-reactive ketones (excluding diaryl/α,β-unsaturated/α-hetero) is 2. The Hall–Kier alpha value is -1.74. The van der Waals surface area contributed by atoms with Crippen molar-refractivity contribution in [3.63, 3.8) is 0 Å². The molecule has 0 saturated heterocycles. The van der Waals surface area contributed by atoms with Crippen LogP contribution in [-0.4, -0.2) is 22.8 Å². The second-order valence-electron chi connectivity index (χ2n) is 10.4. The van der Waals surface area contributed by atoms with Gasteiger partial charge in [-0.25, -0.2) is 0 Å². The Morgan fingerprint density at radius 1 is 1.00 bits per heavy atom. The van der Waals surface area contributed by atoms with Crippen molar-refractivity contribution in [1.82, 2.24) is 0 Å². The summed E-state index contributed by atoms with van der Waals surface area (Å²) in [7, 11) is 0. The summed E-state index contributed by atoms with van der Waals surface area (Å²) >= 11 is 0. The van der Waals surface area contributed by atoms with E-state index in [9.17, 15) is 14.7 Å². The fourth-order valence-corrected chi connectivity index (χ4v) is 7.56. The molecule has 3 nitrogen and oxygen atoms in total. The first kappa shape index (κ1) is 18.3. The van der Waals surface area contributed by atoms with Crippen molar-refractivity contribution < 1.29 is 14.7 Å². The predicted molar refractivity (Wildman–Crippen MR) is 108 cm³/mol. The molecule has 6 rings (SSSR count). The Kier molecular flexibility index (Phi) is 3.70. The molecule has 0 amide bonds. The normalized spacial score (nSPS) is 43.9. The van der Waals surface area contributed by atoms with Crippen molar-refractivity contribution in [2.75, 3.05) is 0 Å². The maximum Gasteiger partial charge on any atom is 0.209 e. The molecule has 3 saturated carbocycles. The van der Waals surface area contributed by atoms with Gasteiger partial charge in [0.25, 0.3) is 0 Å². The van der Waals surface area contributed by atoms with Gasteiger partial charge in [-0.3, -0.25) is 9.59 Å². The van der Waals surface area contributed by atoms with Crippen LogP contribution < -0.4 is 0 Å². The standard InChI is InChI=1S/C25H30O3/c1-23(2)18-9-12-25-17(15-7-5-4-6-8-15)13-16(21(27)22(25)28)14-19(25)24(18,3)11-10-20(23)26/h4-8,14,16-18,20,26H,9-13H2,1-3H3/t16-,17?,18?,20?,24-,25+/m0/s1. The van der Waals surface area contributed by atoms with Crippen molar-refractivity contribution in [3.05, 3.63) is 47.5 Å². The molecule has 3 unspecified atom stereocenters. The van der Waals surface area contributed by atoms with Gasteiger partial charge >= 0.3 is 0 Å². The summed E-state index contributed by atoms with van der Waals surface area (Å²) in [6.45, 7) is 6.67. The number of hydrogen-bond acceptors (Lipinski definition) is 3. The van der Waals surface area contributed by atoms with Crippen LogP contribution in [0.15, 0.2) is 42.0 Å². The van der Waals surface area contributed by atoms with Crippen LogP contribution in [0.3, 0.4) is 0 Å². The van der Waals surface area contributed by atoms with Crippen LogP contribution in [0.5, 0.6) is 0 Å². The van der Waals surface area contributed by atoms with Gasteiger partial charge in [-0.15, -0.1) is 0 Å². The van der Waals surface area contributed by atoms with E-state index in [0.29, 0.717) is 5.92 Å². The lowest BCUT2D eigenvalue weighted by molar-refractivity contribution is -0.157. The number of allylic oxidation sites excluding steroid dienone is 2. The fraction of sp³-hybridized carbons (Fsp3) is 0.600. The molecule has 0 aliphatic heterocycles. The zero-order valence-electron chi connectivity index (χ0n) is 17.1. The largest absolute Gasteiger partial charge is 0.393 e. The van der Waals surface area contributed by atoms with Gasteiger partial charge < -0.3 is 5.11 Å². The molecule has 1 aromatic rings. The number of fused-ring (bicyclic) bond motifs is 3. The van der Waals surface area contributed by atoms with Crippen LogP contribution in [0.2, 0.25) is 0 Å². The summed E-state index contributed by atoms with van der Waals surface area (Å²) in [4.78, 5) is 26.4. The highest BCUT2D eigenvalue weighted by molar-refractivity contribution is 6.43. The molecule has 1 N–H and O–H groups in total. The van der Waals surface area contributed by atoms with Crippen LogP contribution in [0.25, 0.3) is 0 Å². The van der Waals surface area contributed by atoms with Crippen molar-refractivity contribution in [1.29, 1.82) is 0 Å².